The maximum Gasteiger partial charge on any atom is 0.310 e. The first-order chi connectivity index (χ1) is 8.58. The third-order valence-electron chi connectivity index (χ3n) is 3.44. The lowest BCUT2D eigenvalue weighted by atomic mass is 9.97. The van der Waals surface area contributed by atoms with Crippen LogP contribution in [-0.2, 0) is 22.4 Å². The van der Waals surface area contributed by atoms with Crippen LogP contribution in [0.1, 0.15) is 41.9 Å². The van der Waals surface area contributed by atoms with Crippen molar-refractivity contribution < 1.29 is 19.8 Å². The number of fused-ring (bicyclic) bond motifs is 1. The normalized spacial score (nSPS) is 17.4. The van der Waals surface area contributed by atoms with Crippen molar-refractivity contribution in [1.82, 2.24) is 0 Å². The van der Waals surface area contributed by atoms with Gasteiger partial charge in [-0.05, 0) is 42.4 Å². The molecule has 2 rings (SSSR count). The van der Waals surface area contributed by atoms with Gasteiger partial charge in [-0.3, -0.25) is 9.59 Å². The molecule has 4 heteroatoms. The van der Waals surface area contributed by atoms with Crippen molar-refractivity contribution in [2.75, 3.05) is 0 Å². The van der Waals surface area contributed by atoms with Gasteiger partial charge in [0.25, 0.3) is 0 Å². The zero-order chi connectivity index (χ0) is 13.1. The van der Waals surface area contributed by atoms with E-state index in [4.69, 9.17) is 10.2 Å². The molecule has 0 heterocycles. The zero-order valence-corrected chi connectivity index (χ0v) is 10.1. The summed E-state index contributed by atoms with van der Waals surface area (Å²) < 4.78 is 0. The molecule has 0 spiro atoms. The van der Waals surface area contributed by atoms with Gasteiger partial charge in [0.05, 0.1) is 5.92 Å². The lowest BCUT2D eigenvalue weighted by molar-refractivity contribution is -0.139. The Morgan fingerprint density at radius 1 is 1.28 bits per heavy atom. The Balaban J connectivity index is 2.09. The van der Waals surface area contributed by atoms with Gasteiger partial charge in [-0.2, -0.15) is 0 Å². The molecule has 4 nitrogen and oxygen atoms in total. The fourth-order valence-corrected chi connectivity index (χ4v) is 2.51. The number of benzene rings is 1. The molecule has 18 heavy (non-hydrogen) atoms. The van der Waals surface area contributed by atoms with Crippen LogP contribution in [0.4, 0.5) is 0 Å². The summed E-state index contributed by atoms with van der Waals surface area (Å²) in [6.45, 7) is 0. The molecule has 1 aliphatic carbocycles. The number of carboxylic acids is 2. The van der Waals surface area contributed by atoms with E-state index in [0.717, 1.165) is 23.1 Å². The summed E-state index contributed by atoms with van der Waals surface area (Å²) >= 11 is 0. The largest absolute Gasteiger partial charge is 0.481 e. The monoisotopic (exact) mass is 248 g/mol. The summed E-state index contributed by atoms with van der Waals surface area (Å²) in [5.74, 6) is -1.95. The Morgan fingerprint density at radius 2 is 2.06 bits per heavy atom. The molecular formula is C14H16O4. The van der Waals surface area contributed by atoms with E-state index in [-0.39, 0.29) is 12.3 Å². The van der Waals surface area contributed by atoms with E-state index < -0.39 is 11.9 Å². The summed E-state index contributed by atoms with van der Waals surface area (Å²) in [4.78, 5) is 21.5. The van der Waals surface area contributed by atoms with Crippen LogP contribution < -0.4 is 0 Å². The molecule has 2 N–H and O–H groups in total. The maximum absolute atomic E-state index is 11.1. The minimum Gasteiger partial charge on any atom is -0.481 e. The average molecular weight is 248 g/mol. The molecular weight excluding hydrogens is 232 g/mol. The molecule has 0 saturated heterocycles. The third-order valence-corrected chi connectivity index (χ3v) is 3.44. The topological polar surface area (TPSA) is 74.6 Å². The van der Waals surface area contributed by atoms with E-state index in [2.05, 4.69) is 0 Å². The maximum atomic E-state index is 11.1. The van der Waals surface area contributed by atoms with Crippen LogP contribution in [0, 0.1) is 0 Å². The lowest BCUT2D eigenvalue weighted by Gasteiger charge is -2.08. The van der Waals surface area contributed by atoms with E-state index in [1.54, 1.807) is 0 Å². The molecule has 0 fully saturated rings. The highest BCUT2D eigenvalue weighted by molar-refractivity contribution is 5.78. The standard InChI is InChI=1S/C14H16O4/c15-13(16)3-1-2-9-4-5-10-6-7-11(14(17)18)12(10)8-9/h4-5,8,11H,1-3,6-7H2,(H,15,16)(H,17,18). The van der Waals surface area contributed by atoms with Crippen molar-refractivity contribution in [1.29, 1.82) is 0 Å². The second kappa shape index (κ2) is 5.21. The molecule has 0 radical (unpaired) electrons. The van der Waals surface area contributed by atoms with Gasteiger partial charge in [-0.15, -0.1) is 0 Å². The van der Waals surface area contributed by atoms with Crippen molar-refractivity contribution in [2.24, 2.45) is 0 Å². The van der Waals surface area contributed by atoms with Gasteiger partial charge in [0, 0.05) is 6.42 Å². The van der Waals surface area contributed by atoms with Crippen molar-refractivity contribution in [3.05, 3.63) is 34.9 Å². The summed E-state index contributed by atoms with van der Waals surface area (Å²) in [6.07, 6.45) is 2.92. The van der Waals surface area contributed by atoms with E-state index in [9.17, 15) is 9.59 Å². The van der Waals surface area contributed by atoms with Crippen LogP contribution in [0.3, 0.4) is 0 Å². The number of aliphatic carboxylic acids is 2. The number of aryl methyl sites for hydroxylation is 2. The summed E-state index contributed by atoms with van der Waals surface area (Å²) in [7, 11) is 0. The van der Waals surface area contributed by atoms with Crippen LogP contribution in [0.25, 0.3) is 0 Å². The Bertz CT molecular complexity index is 479. The number of hydrogen-bond donors (Lipinski definition) is 2. The van der Waals surface area contributed by atoms with E-state index >= 15 is 0 Å². The Morgan fingerprint density at radius 3 is 2.72 bits per heavy atom. The van der Waals surface area contributed by atoms with Crippen LogP contribution >= 0.6 is 0 Å². The average Bonchev–Trinajstić information content (AvgIpc) is 2.71. The number of carbonyl (C=O) groups is 2. The van der Waals surface area contributed by atoms with Gasteiger partial charge in [-0.25, -0.2) is 0 Å². The molecule has 0 aliphatic heterocycles. The fourth-order valence-electron chi connectivity index (χ4n) is 2.51. The van der Waals surface area contributed by atoms with Crippen molar-refractivity contribution in [3.8, 4) is 0 Å². The molecule has 1 aromatic rings. The Kier molecular flexibility index (Phi) is 3.65. The first-order valence-corrected chi connectivity index (χ1v) is 6.14. The molecule has 1 aliphatic rings. The van der Waals surface area contributed by atoms with Crippen LogP contribution in [-0.4, -0.2) is 22.2 Å². The van der Waals surface area contributed by atoms with Crippen LogP contribution in [0.15, 0.2) is 18.2 Å². The predicted molar refractivity (Wildman–Crippen MR) is 65.7 cm³/mol. The lowest BCUT2D eigenvalue weighted by Crippen LogP contribution is -2.08. The molecule has 0 aromatic heterocycles. The minimum absolute atomic E-state index is 0.152. The SMILES string of the molecule is O=C(O)CCCc1ccc2c(c1)C(C(=O)O)CC2. The summed E-state index contributed by atoms with van der Waals surface area (Å²) in [5, 5.41) is 17.7. The quantitative estimate of drug-likeness (QED) is 0.837. The number of hydrogen-bond acceptors (Lipinski definition) is 2. The molecule has 1 aromatic carbocycles. The second-order valence-electron chi connectivity index (χ2n) is 4.71. The van der Waals surface area contributed by atoms with E-state index in [1.807, 2.05) is 18.2 Å². The minimum atomic E-state index is -0.792. The highest BCUT2D eigenvalue weighted by Crippen LogP contribution is 2.34. The molecule has 0 saturated carbocycles. The van der Waals surface area contributed by atoms with Gasteiger partial charge in [0.2, 0.25) is 0 Å². The first-order valence-electron chi connectivity index (χ1n) is 6.14. The zero-order valence-electron chi connectivity index (χ0n) is 10.1. The van der Waals surface area contributed by atoms with Crippen molar-refractivity contribution >= 4 is 11.9 Å². The number of carboxylic acid groups (broad SMARTS) is 2. The molecule has 96 valence electrons. The van der Waals surface area contributed by atoms with E-state index in [1.165, 1.54) is 0 Å². The first kappa shape index (κ1) is 12.6. The third kappa shape index (κ3) is 2.70. The summed E-state index contributed by atoms with van der Waals surface area (Å²) in [6, 6.07) is 5.89. The predicted octanol–water partition coefficient (Wildman–Crippen LogP) is 2.21. The smallest absolute Gasteiger partial charge is 0.310 e. The fraction of sp³-hybridized carbons (Fsp3) is 0.429. The molecule has 0 bridgehead atoms. The van der Waals surface area contributed by atoms with Crippen molar-refractivity contribution in [2.45, 2.75) is 38.0 Å². The highest BCUT2D eigenvalue weighted by Gasteiger charge is 2.28. The van der Waals surface area contributed by atoms with Gasteiger partial charge < -0.3 is 10.2 Å². The van der Waals surface area contributed by atoms with E-state index in [0.29, 0.717) is 19.3 Å². The highest BCUT2D eigenvalue weighted by atomic mass is 16.4. The van der Waals surface area contributed by atoms with Crippen LogP contribution in [0.5, 0.6) is 0 Å². The molecule has 1 unspecified atom stereocenters. The number of rotatable bonds is 5. The summed E-state index contributed by atoms with van der Waals surface area (Å²) in [5.41, 5.74) is 3.06. The van der Waals surface area contributed by atoms with Gasteiger partial charge in [0.15, 0.2) is 0 Å². The van der Waals surface area contributed by atoms with Gasteiger partial charge in [0.1, 0.15) is 0 Å². The van der Waals surface area contributed by atoms with Gasteiger partial charge >= 0.3 is 11.9 Å². The Hall–Kier alpha value is -1.84. The Labute approximate surface area is 105 Å². The molecule has 1 atom stereocenters. The van der Waals surface area contributed by atoms with Crippen molar-refractivity contribution in [3.63, 3.8) is 0 Å². The second-order valence-corrected chi connectivity index (χ2v) is 4.71. The van der Waals surface area contributed by atoms with Gasteiger partial charge in [-0.1, -0.05) is 18.2 Å². The molecule has 0 amide bonds. The van der Waals surface area contributed by atoms with Crippen LogP contribution in [0.2, 0.25) is 0 Å².